The zero-order valence-corrected chi connectivity index (χ0v) is 14.6. The Morgan fingerprint density at radius 3 is 2.83 bits per heavy atom. The fourth-order valence-electron chi connectivity index (χ4n) is 3.26. The number of carbonyl (C=O) groups excluding carboxylic acids is 1. The van der Waals surface area contributed by atoms with Gasteiger partial charge in [0.05, 0.1) is 23.8 Å². The number of rotatable bonds is 3. The average Bonchev–Trinajstić information content (AvgIpc) is 2.87. The molecule has 2 aromatic rings. The number of nitrogens with zero attached hydrogens (tertiary/aromatic N) is 3. The number of aromatic nitrogens is 3. The van der Waals surface area contributed by atoms with Gasteiger partial charge in [-0.3, -0.25) is 14.3 Å². The topological polar surface area (TPSA) is 71.0 Å². The van der Waals surface area contributed by atoms with Crippen molar-refractivity contribution in [3.8, 4) is 0 Å². The summed E-state index contributed by atoms with van der Waals surface area (Å²) in [5, 5.41) is 4.54. The first-order valence-corrected chi connectivity index (χ1v) is 8.54. The molecule has 0 saturated carbocycles. The van der Waals surface area contributed by atoms with Crippen LogP contribution in [0.25, 0.3) is 0 Å². The van der Waals surface area contributed by atoms with Crippen LogP contribution in [0.3, 0.4) is 0 Å². The van der Waals surface area contributed by atoms with E-state index >= 15 is 0 Å². The molecule has 1 amide bonds. The lowest BCUT2D eigenvalue weighted by molar-refractivity contribution is 0.0582. The second-order valence-electron chi connectivity index (χ2n) is 6.32. The highest BCUT2D eigenvalue weighted by atomic mass is 35.5. The van der Waals surface area contributed by atoms with Crippen molar-refractivity contribution in [2.24, 2.45) is 0 Å². The van der Waals surface area contributed by atoms with Crippen LogP contribution in [0.4, 0.5) is 0 Å². The smallest absolute Gasteiger partial charge is 0.266 e. The van der Waals surface area contributed by atoms with E-state index in [1.807, 2.05) is 29.5 Å². The molecule has 0 aliphatic carbocycles. The van der Waals surface area contributed by atoms with Crippen LogP contribution >= 0.6 is 11.6 Å². The van der Waals surface area contributed by atoms with Gasteiger partial charge in [-0.15, -0.1) is 0 Å². The molecule has 1 N–H and O–H groups in total. The van der Waals surface area contributed by atoms with Crippen molar-refractivity contribution in [1.29, 1.82) is 0 Å². The van der Waals surface area contributed by atoms with Crippen LogP contribution in [0.2, 0.25) is 5.02 Å². The minimum Gasteiger partial charge on any atom is -0.334 e. The number of H-pyrrole nitrogens is 1. The SMILES string of the molecule is Cc1cc(C)n(CC2CCCCN2C(=O)c2c[nH]c(=O)c(Cl)c2)n1. The molecule has 24 heavy (non-hydrogen) atoms. The molecule has 7 heteroatoms. The molecule has 1 aliphatic rings. The minimum atomic E-state index is -0.383. The van der Waals surface area contributed by atoms with Gasteiger partial charge in [0.15, 0.2) is 0 Å². The third-order valence-electron chi connectivity index (χ3n) is 4.48. The van der Waals surface area contributed by atoms with E-state index in [0.717, 1.165) is 30.7 Å². The van der Waals surface area contributed by atoms with Gasteiger partial charge in [-0.2, -0.15) is 5.10 Å². The maximum Gasteiger partial charge on any atom is 0.266 e. The molecule has 1 atom stereocenters. The summed E-state index contributed by atoms with van der Waals surface area (Å²) in [4.78, 5) is 28.7. The highest BCUT2D eigenvalue weighted by molar-refractivity contribution is 6.30. The first-order valence-electron chi connectivity index (χ1n) is 8.16. The Hall–Kier alpha value is -2.08. The average molecular weight is 349 g/mol. The number of pyridine rings is 1. The van der Waals surface area contributed by atoms with Gasteiger partial charge in [-0.1, -0.05) is 11.6 Å². The Kier molecular flexibility index (Phi) is 4.76. The number of aryl methyl sites for hydroxylation is 2. The van der Waals surface area contributed by atoms with E-state index in [-0.39, 0.29) is 22.5 Å². The lowest BCUT2D eigenvalue weighted by Crippen LogP contribution is -2.46. The van der Waals surface area contributed by atoms with Gasteiger partial charge < -0.3 is 9.88 Å². The fourth-order valence-corrected chi connectivity index (χ4v) is 3.43. The van der Waals surface area contributed by atoms with Gasteiger partial charge in [0.25, 0.3) is 11.5 Å². The van der Waals surface area contributed by atoms with Gasteiger partial charge in [0.2, 0.25) is 0 Å². The van der Waals surface area contributed by atoms with Crippen LogP contribution in [0.1, 0.15) is 41.0 Å². The monoisotopic (exact) mass is 348 g/mol. The highest BCUT2D eigenvalue weighted by Gasteiger charge is 2.28. The van der Waals surface area contributed by atoms with E-state index < -0.39 is 0 Å². The quantitative estimate of drug-likeness (QED) is 0.926. The van der Waals surface area contributed by atoms with Crippen LogP contribution in [0.5, 0.6) is 0 Å². The van der Waals surface area contributed by atoms with E-state index in [0.29, 0.717) is 18.7 Å². The summed E-state index contributed by atoms with van der Waals surface area (Å²) < 4.78 is 1.96. The van der Waals surface area contributed by atoms with Crippen molar-refractivity contribution in [1.82, 2.24) is 19.7 Å². The van der Waals surface area contributed by atoms with Crippen molar-refractivity contribution in [2.75, 3.05) is 6.54 Å². The summed E-state index contributed by atoms with van der Waals surface area (Å²) >= 11 is 5.86. The number of nitrogens with one attached hydrogen (secondary N) is 1. The molecule has 6 nitrogen and oxygen atoms in total. The number of aromatic amines is 1. The van der Waals surface area contributed by atoms with E-state index in [2.05, 4.69) is 10.1 Å². The van der Waals surface area contributed by atoms with Crippen LogP contribution in [-0.4, -0.2) is 38.2 Å². The van der Waals surface area contributed by atoms with Crippen LogP contribution < -0.4 is 5.56 Å². The Morgan fingerprint density at radius 2 is 2.17 bits per heavy atom. The largest absolute Gasteiger partial charge is 0.334 e. The molecular weight excluding hydrogens is 328 g/mol. The molecule has 128 valence electrons. The summed E-state index contributed by atoms with van der Waals surface area (Å²) in [6, 6.07) is 3.57. The van der Waals surface area contributed by atoms with E-state index in [9.17, 15) is 9.59 Å². The third-order valence-corrected chi connectivity index (χ3v) is 4.76. The Balaban J connectivity index is 1.83. The van der Waals surface area contributed by atoms with Gasteiger partial charge in [-0.05, 0) is 45.2 Å². The predicted molar refractivity (Wildman–Crippen MR) is 92.4 cm³/mol. The summed E-state index contributed by atoms with van der Waals surface area (Å²) in [6.45, 7) is 5.38. The number of amides is 1. The zero-order chi connectivity index (χ0) is 17.3. The standard InChI is InChI=1S/C17H21ClN4O2/c1-11-7-12(2)22(20-11)10-14-5-3-4-6-21(14)17(24)13-8-15(18)16(23)19-9-13/h7-9,14H,3-6,10H2,1-2H3,(H,19,23). The van der Waals surface area contributed by atoms with Crippen LogP contribution in [0.15, 0.2) is 23.1 Å². The number of piperidine rings is 1. The Labute approximate surface area is 145 Å². The lowest BCUT2D eigenvalue weighted by Gasteiger charge is -2.36. The number of carbonyl (C=O) groups is 1. The van der Waals surface area contributed by atoms with Gasteiger partial charge in [-0.25, -0.2) is 0 Å². The van der Waals surface area contributed by atoms with Crippen molar-refractivity contribution < 1.29 is 4.79 Å². The molecule has 0 spiro atoms. The first kappa shape index (κ1) is 16.8. The van der Waals surface area contributed by atoms with Crippen molar-refractivity contribution in [3.05, 3.63) is 50.7 Å². The van der Waals surface area contributed by atoms with Crippen molar-refractivity contribution >= 4 is 17.5 Å². The normalized spacial score (nSPS) is 18.0. The van der Waals surface area contributed by atoms with E-state index in [1.165, 1.54) is 12.3 Å². The van der Waals surface area contributed by atoms with E-state index in [1.54, 1.807) is 0 Å². The fraction of sp³-hybridized carbons (Fsp3) is 0.471. The molecule has 1 aliphatic heterocycles. The second-order valence-corrected chi connectivity index (χ2v) is 6.73. The molecule has 0 aromatic carbocycles. The first-order chi connectivity index (χ1) is 11.5. The molecule has 1 unspecified atom stereocenters. The molecule has 3 heterocycles. The Morgan fingerprint density at radius 1 is 1.38 bits per heavy atom. The lowest BCUT2D eigenvalue weighted by atomic mass is 10.0. The molecule has 1 fully saturated rings. The van der Waals surface area contributed by atoms with Gasteiger partial charge >= 0.3 is 0 Å². The van der Waals surface area contributed by atoms with Crippen LogP contribution in [0, 0.1) is 13.8 Å². The number of halogens is 1. The molecule has 1 saturated heterocycles. The summed E-state index contributed by atoms with van der Waals surface area (Å²) in [6.07, 6.45) is 4.46. The van der Waals surface area contributed by atoms with Gasteiger partial charge in [0, 0.05) is 18.4 Å². The van der Waals surface area contributed by atoms with Crippen molar-refractivity contribution in [2.45, 2.75) is 45.7 Å². The third kappa shape index (κ3) is 3.38. The molecule has 0 radical (unpaired) electrons. The zero-order valence-electron chi connectivity index (χ0n) is 13.9. The number of likely N-dealkylation sites (tertiary alicyclic amines) is 1. The van der Waals surface area contributed by atoms with Crippen LogP contribution in [-0.2, 0) is 6.54 Å². The predicted octanol–water partition coefficient (Wildman–Crippen LogP) is 2.54. The maximum atomic E-state index is 12.9. The minimum absolute atomic E-state index is 0.0351. The summed E-state index contributed by atoms with van der Waals surface area (Å²) in [7, 11) is 0. The second kappa shape index (κ2) is 6.81. The molecule has 0 bridgehead atoms. The molecular formula is C17H21ClN4O2. The summed E-state index contributed by atoms with van der Waals surface area (Å²) in [5.74, 6) is -0.0978. The van der Waals surface area contributed by atoms with Gasteiger partial charge in [0.1, 0.15) is 5.02 Å². The Bertz CT molecular complexity index is 811. The number of hydrogen-bond donors (Lipinski definition) is 1. The molecule has 3 rings (SSSR count). The maximum absolute atomic E-state index is 12.9. The highest BCUT2D eigenvalue weighted by Crippen LogP contribution is 2.22. The number of hydrogen-bond acceptors (Lipinski definition) is 3. The summed E-state index contributed by atoms with van der Waals surface area (Å²) in [5.41, 5.74) is 2.11. The molecule has 2 aromatic heterocycles. The van der Waals surface area contributed by atoms with E-state index in [4.69, 9.17) is 11.6 Å². The van der Waals surface area contributed by atoms with Crippen molar-refractivity contribution in [3.63, 3.8) is 0 Å².